The first-order valence-corrected chi connectivity index (χ1v) is 7.82. The highest BCUT2D eigenvalue weighted by Gasteiger charge is 2.23. The van der Waals surface area contributed by atoms with Gasteiger partial charge in [0.1, 0.15) is 5.82 Å². The first-order chi connectivity index (χ1) is 10.7. The SMILES string of the molecule is CC(NC(=O)c1ccc2c(c1)CCN2)c1nnc2n1CCC2.Cl.Cl. The van der Waals surface area contributed by atoms with Gasteiger partial charge >= 0.3 is 0 Å². The van der Waals surface area contributed by atoms with Gasteiger partial charge in [-0.05, 0) is 43.5 Å². The molecule has 24 heavy (non-hydrogen) atoms. The van der Waals surface area contributed by atoms with Gasteiger partial charge < -0.3 is 15.2 Å². The zero-order chi connectivity index (χ0) is 15.1. The van der Waals surface area contributed by atoms with Crippen LogP contribution in [-0.2, 0) is 19.4 Å². The second-order valence-corrected chi connectivity index (χ2v) is 5.97. The summed E-state index contributed by atoms with van der Waals surface area (Å²) in [6.45, 7) is 3.85. The maximum Gasteiger partial charge on any atom is 0.251 e. The first-order valence-electron chi connectivity index (χ1n) is 7.82. The van der Waals surface area contributed by atoms with Crippen LogP contribution in [-0.4, -0.2) is 27.2 Å². The molecule has 1 amide bonds. The number of fused-ring (bicyclic) bond motifs is 2. The van der Waals surface area contributed by atoms with Crippen molar-refractivity contribution in [3.63, 3.8) is 0 Å². The number of aromatic nitrogens is 3. The molecule has 130 valence electrons. The van der Waals surface area contributed by atoms with Crippen LogP contribution in [0, 0.1) is 0 Å². The molecule has 0 spiro atoms. The Kier molecular flexibility index (Phi) is 5.72. The number of halogens is 2. The summed E-state index contributed by atoms with van der Waals surface area (Å²) in [4.78, 5) is 12.5. The molecule has 3 heterocycles. The van der Waals surface area contributed by atoms with E-state index in [0.717, 1.165) is 49.7 Å². The predicted molar refractivity (Wildman–Crippen MR) is 97.4 cm³/mol. The number of hydrogen-bond acceptors (Lipinski definition) is 4. The molecule has 2 aliphatic rings. The van der Waals surface area contributed by atoms with Crippen molar-refractivity contribution in [3.05, 3.63) is 41.0 Å². The van der Waals surface area contributed by atoms with Crippen LogP contribution < -0.4 is 10.6 Å². The molecule has 1 unspecified atom stereocenters. The van der Waals surface area contributed by atoms with Crippen LogP contribution in [0.3, 0.4) is 0 Å². The van der Waals surface area contributed by atoms with E-state index in [1.807, 2.05) is 25.1 Å². The zero-order valence-corrected chi connectivity index (χ0v) is 15.0. The summed E-state index contributed by atoms with van der Waals surface area (Å²) in [5, 5.41) is 14.8. The van der Waals surface area contributed by atoms with E-state index in [4.69, 9.17) is 0 Å². The average molecular weight is 370 g/mol. The lowest BCUT2D eigenvalue weighted by molar-refractivity contribution is 0.0937. The Morgan fingerprint density at radius 1 is 1.29 bits per heavy atom. The molecule has 8 heteroatoms. The van der Waals surface area contributed by atoms with Gasteiger partial charge in [-0.15, -0.1) is 35.0 Å². The molecule has 4 rings (SSSR count). The van der Waals surface area contributed by atoms with Crippen LogP contribution in [0.4, 0.5) is 5.69 Å². The standard InChI is InChI=1S/C16H19N5O.2ClH/c1-10(15-20-19-14-3-2-8-21(14)15)18-16(22)12-4-5-13-11(9-12)6-7-17-13;;/h4-5,9-10,17H,2-3,6-8H2,1H3,(H,18,22);2*1H. The predicted octanol–water partition coefficient (Wildman–Crippen LogP) is 2.53. The van der Waals surface area contributed by atoms with E-state index < -0.39 is 0 Å². The molecule has 0 radical (unpaired) electrons. The average Bonchev–Trinajstić information content (AvgIpc) is 3.22. The van der Waals surface area contributed by atoms with Crippen LogP contribution in [0.25, 0.3) is 0 Å². The molecule has 0 saturated heterocycles. The molecule has 0 bridgehead atoms. The molecular formula is C16H21Cl2N5O. The molecule has 1 aromatic carbocycles. The lowest BCUT2D eigenvalue weighted by Crippen LogP contribution is -2.28. The molecule has 2 aliphatic heterocycles. The third-order valence-electron chi connectivity index (χ3n) is 4.45. The van der Waals surface area contributed by atoms with Crippen LogP contribution in [0.2, 0.25) is 0 Å². The van der Waals surface area contributed by atoms with E-state index in [1.54, 1.807) is 0 Å². The van der Waals surface area contributed by atoms with Crippen LogP contribution in [0.1, 0.15) is 47.0 Å². The molecular weight excluding hydrogens is 349 g/mol. The highest BCUT2D eigenvalue weighted by Crippen LogP contribution is 2.24. The van der Waals surface area contributed by atoms with E-state index in [2.05, 4.69) is 25.4 Å². The summed E-state index contributed by atoms with van der Waals surface area (Å²) >= 11 is 0. The minimum Gasteiger partial charge on any atom is -0.384 e. The van der Waals surface area contributed by atoms with Gasteiger partial charge in [0.25, 0.3) is 5.91 Å². The summed E-state index contributed by atoms with van der Waals surface area (Å²) in [6, 6.07) is 5.69. The molecule has 6 nitrogen and oxygen atoms in total. The lowest BCUT2D eigenvalue weighted by Gasteiger charge is -2.14. The Bertz CT molecular complexity index is 746. The normalized spacial score (nSPS) is 15.4. The number of anilines is 1. The van der Waals surface area contributed by atoms with Crippen molar-refractivity contribution in [2.75, 3.05) is 11.9 Å². The van der Waals surface area contributed by atoms with Gasteiger partial charge in [0, 0.05) is 30.8 Å². The van der Waals surface area contributed by atoms with Gasteiger partial charge in [-0.2, -0.15) is 0 Å². The second kappa shape index (κ2) is 7.40. The Labute approximate surface area is 153 Å². The van der Waals surface area contributed by atoms with E-state index in [-0.39, 0.29) is 36.8 Å². The van der Waals surface area contributed by atoms with Crippen molar-refractivity contribution in [3.8, 4) is 0 Å². The molecule has 0 aliphatic carbocycles. The highest BCUT2D eigenvalue weighted by atomic mass is 35.5. The summed E-state index contributed by atoms with van der Waals surface area (Å²) in [7, 11) is 0. The summed E-state index contributed by atoms with van der Waals surface area (Å²) in [6.07, 6.45) is 3.06. The van der Waals surface area contributed by atoms with Crippen molar-refractivity contribution in [1.29, 1.82) is 0 Å². The van der Waals surface area contributed by atoms with Crippen molar-refractivity contribution >= 4 is 36.4 Å². The molecule has 0 fully saturated rings. The second-order valence-electron chi connectivity index (χ2n) is 5.97. The van der Waals surface area contributed by atoms with Crippen LogP contribution in [0.5, 0.6) is 0 Å². The fraction of sp³-hybridized carbons (Fsp3) is 0.438. The van der Waals surface area contributed by atoms with Crippen molar-refractivity contribution in [1.82, 2.24) is 20.1 Å². The summed E-state index contributed by atoms with van der Waals surface area (Å²) in [5.74, 6) is 1.82. The number of carbonyl (C=O) groups excluding carboxylic acids is 1. The van der Waals surface area contributed by atoms with Gasteiger partial charge in [-0.25, -0.2) is 0 Å². The third-order valence-corrected chi connectivity index (χ3v) is 4.45. The number of rotatable bonds is 3. The topological polar surface area (TPSA) is 71.8 Å². The van der Waals surface area contributed by atoms with E-state index >= 15 is 0 Å². The number of amides is 1. The number of carbonyl (C=O) groups is 1. The molecule has 2 N–H and O–H groups in total. The summed E-state index contributed by atoms with van der Waals surface area (Å²) in [5.41, 5.74) is 3.05. The number of nitrogens with one attached hydrogen (secondary N) is 2. The highest BCUT2D eigenvalue weighted by molar-refractivity contribution is 5.95. The van der Waals surface area contributed by atoms with Crippen LogP contribution >= 0.6 is 24.8 Å². The molecule has 1 atom stereocenters. The smallest absolute Gasteiger partial charge is 0.251 e. The van der Waals surface area contributed by atoms with Gasteiger partial charge in [-0.3, -0.25) is 4.79 Å². The monoisotopic (exact) mass is 369 g/mol. The molecule has 2 aromatic rings. The Balaban J connectivity index is 0.00000104. The molecule has 1 aromatic heterocycles. The van der Waals surface area contributed by atoms with Crippen molar-refractivity contribution < 1.29 is 4.79 Å². The first kappa shape index (κ1) is 18.5. The minimum atomic E-state index is -0.141. The fourth-order valence-corrected chi connectivity index (χ4v) is 3.28. The quantitative estimate of drug-likeness (QED) is 0.871. The summed E-state index contributed by atoms with van der Waals surface area (Å²) < 4.78 is 2.12. The van der Waals surface area contributed by atoms with Gasteiger partial charge in [-0.1, -0.05) is 0 Å². The third kappa shape index (κ3) is 3.21. The number of nitrogens with zero attached hydrogens (tertiary/aromatic N) is 3. The number of aryl methyl sites for hydroxylation is 1. The van der Waals surface area contributed by atoms with Crippen molar-refractivity contribution in [2.45, 2.75) is 38.8 Å². The maximum absolute atomic E-state index is 12.5. The Hall–Kier alpha value is -1.79. The maximum atomic E-state index is 12.5. The van der Waals surface area contributed by atoms with Gasteiger partial charge in [0.2, 0.25) is 0 Å². The Morgan fingerprint density at radius 3 is 2.96 bits per heavy atom. The van der Waals surface area contributed by atoms with Crippen LogP contribution in [0.15, 0.2) is 18.2 Å². The van der Waals surface area contributed by atoms with Gasteiger partial charge in [0.05, 0.1) is 6.04 Å². The number of benzene rings is 1. The van der Waals surface area contributed by atoms with E-state index in [1.165, 1.54) is 5.56 Å². The van der Waals surface area contributed by atoms with E-state index in [9.17, 15) is 4.79 Å². The fourth-order valence-electron chi connectivity index (χ4n) is 3.28. The van der Waals surface area contributed by atoms with Gasteiger partial charge in [0.15, 0.2) is 5.82 Å². The molecule has 0 saturated carbocycles. The minimum absolute atomic E-state index is 0. The Morgan fingerprint density at radius 2 is 2.12 bits per heavy atom. The van der Waals surface area contributed by atoms with Crippen molar-refractivity contribution in [2.24, 2.45) is 0 Å². The largest absolute Gasteiger partial charge is 0.384 e. The lowest BCUT2D eigenvalue weighted by atomic mass is 10.1. The van der Waals surface area contributed by atoms with E-state index in [0.29, 0.717) is 5.56 Å². The zero-order valence-electron chi connectivity index (χ0n) is 13.4. The number of hydrogen-bond donors (Lipinski definition) is 2.